The van der Waals surface area contributed by atoms with Crippen molar-refractivity contribution in [1.82, 2.24) is 10.6 Å². The van der Waals surface area contributed by atoms with Gasteiger partial charge in [0.25, 0.3) is 0 Å². The number of hydrogen-bond donors (Lipinski definition) is 2. The van der Waals surface area contributed by atoms with Gasteiger partial charge in [0.1, 0.15) is 0 Å². The molecule has 1 fully saturated rings. The first kappa shape index (κ1) is 13.6. The van der Waals surface area contributed by atoms with Crippen LogP contribution in [0.3, 0.4) is 0 Å². The largest absolute Gasteiger partial charge is 0.355 e. The Labute approximate surface area is 100 Å². The molecule has 4 atom stereocenters. The normalized spacial score (nSPS) is 29.4. The lowest BCUT2D eigenvalue weighted by atomic mass is 9.91. The Morgan fingerprint density at radius 2 is 2.25 bits per heavy atom. The van der Waals surface area contributed by atoms with Crippen LogP contribution in [-0.2, 0) is 15.6 Å². The van der Waals surface area contributed by atoms with E-state index in [-0.39, 0.29) is 17.1 Å². The Morgan fingerprint density at radius 1 is 1.56 bits per heavy atom. The summed E-state index contributed by atoms with van der Waals surface area (Å²) in [7, 11) is -0.869. The topological polar surface area (TPSA) is 58.2 Å². The summed E-state index contributed by atoms with van der Waals surface area (Å²) in [6, 6.07) is 0. The molecule has 0 bridgehead atoms. The van der Waals surface area contributed by atoms with Gasteiger partial charge in [0.2, 0.25) is 5.91 Å². The first-order valence-electron chi connectivity index (χ1n) is 5.81. The summed E-state index contributed by atoms with van der Waals surface area (Å²) in [4.78, 5) is 11.8. The van der Waals surface area contributed by atoms with E-state index >= 15 is 0 Å². The first-order valence-corrected chi connectivity index (χ1v) is 7.43. The maximum Gasteiger partial charge on any atom is 0.224 e. The lowest BCUT2D eigenvalue weighted by molar-refractivity contribution is -0.125. The van der Waals surface area contributed by atoms with Crippen molar-refractivity contribution in [2.45, 2.75) is 25.5 Å². The fraction of sp³-hybridized carbons (Fsp3) is 0.909. The van der Waals surface area contributed by atoms with Gasteiger partial charge in [-0.05, 0) is 25.8 Å². The van der Waals surface area contributed by atoms with Gasteiger partial charge < -0.3 is 10.6 Å². The van der Waals surface area contributed by atoms with Crippen molar-refractivity contribution < 1.29 is 9.00 Å². The molecule has 2 N–H and O–H groups in total. The summed E-state index contributed by atoms with van der Waals surface area (Å²) in [6.07, 6.45) is 2.61. The summed E-state index contributed by atoms with van der Waals surface area (Å²) in [5.41, 5.74) is 0. The molecule has 0 aromatic heterocycles. The maximum absolute atomic E-state index is 11.8. The Balaban J connectivity index is 2.31. The van der Waals surface area contributed by atoms with Gasteiger partial charge in [0.15, 0.2) is 0 Å². The summed E-state index contributed by atoms with van der Waals surface area (Å²) >= 11 is 0. The van der Waals surface area contributed by atoms with Gasteiger partial charge in [-0.2, -0.15) is 0 Å². The molecular weight excluding hydrogens is 224 g/mol. The molecule has 0 radical (unpaired) electrons. The average Bonchev–Trinajstić information content (AvgIpc) is 2.25. The van der Waals surface area contributed by atoms with Crippen LogP contribution in [0, 0.1) is 11.8 Å². The van der Waals surface area contributed by atoms with E-state index in [2.05, 4.69) is 17.6 Å². The Bertz CT molecular complexity index is 271. The van der Waals surface area contributed by atoms with Crippen LogP contribution in [-0.4, -0.2) is 41.3 Å². The van der Waals surface area contributed by atoms with Gasteiger partial charge in [0.05, 0.1) is 5.92 Å². The SMILES string of the molecule is CC1CNCC(C(=O)NCC(C)S(C)=O)C1. The number of piperidine rings is 1. The van der Waals surface area contributed by atoms with Gasteiger partial charge >= 0.3 is 0 Å². The molecular formula is C11H22N2O2S. The molecule has 0 aliphatic carbocycles. The van der Waals surface area contributed by atoms with Gasteiger partial charge in [-0.3, -0.25) is 9.00 Å². The van der Waals surface area contributed by atoms with E-state index in [1.807, 2.05) is 6.92 Å². The van der Waals surface area contributed by atoms with Crippen molar-refractivity contribution >= 4 is 16.7 Å². The second-order valence-corrected chi connectivity index (χ2v) is 6.55. The number of nitrogens with one attached hydrogen (secondary N) is 2. The van der Waals surface area contributed by atoms with Crippen LogP contribution in [0.5, 0.6) is 0 Å². The van der Waals surface area contributed by atoms with Gasteiger partial charge in [-0.15, -0.1) is 0 Å². The van der Waals surface area contributed by atoms with Crippen molar-refractivity contribution in [3.05, 3.63) is 0 Å². The molecule has 1 saturated heterocycles. The summed E-state index contributed by atoms with van der Waals surface area (Å²) in [6.45, 7) is 6.31. The second kappa shape index (κ2) is 6.35. The molecule has 0 spiro atoms. The highest BCUT2D eigenvalue weighted by atomic mass is 32.2. The van der Waals surface area contributed by atoms with Crippen molar-refractivity contribution in [1.29, 1.82) is 0 Å². The molecule has 0 aromatic rings. The molecule has 1 rings (SSSR count). The van der Waals surface area contributed by atoms with E-state index in [0.717, 1.165) is 19.5 Å². The molecule has 94 valence electrons. The standard InChI is InChI=1S/C11H22N2O2S/c1-8-4-10(7-12-5-8)11(14)13-6-9(2)16(3)15/h8-10,12H,4-7H2,1-3H3,(H,13,14). The third kappa shape index (κ3) is 4.22. The molecule has 1 aliphatic rings. The summed E-state index contributed by atoms with van der Waals surface area (Å²) < 4.78 is 11.1. The summed E-state index contributed by atoms with van der Waals surface area (Å²) in [5.74, 6) is 0.722. The average molecular weight is 246 g/mol. The molecule has 16 heavy (non-hydrogen) atoms. The first-order chi connectivity index (χ1) is 7.50. The van der Waals surface area contributed by atoms with Crippen molar-refractivity contribution in [3.8, 4) is 0 Å². The monoisotopic (exact) mass is 246 g/mol. The minimum atomic E-state index is -0.869. The maximum atomic E-state index is 11.8. The zero-order chi connectivity index (χ0) is 12.1. The van der Waals surface area contributed by atoms with Crippen LogP contribution in [0.2, 0.25) is 0 Å². The lowest BCUT2D eigenvalue weighted by Crippen LogP contribution is -2.45. The van der Waals surface area contributed by atoms with E-state index < -0.39 is 10.8 Å². The van der Waals surface area contributed by atoms with Crippen LogP contribution >= 0.6 is 0 Å². The highest BCUT2D eigenvalue weighted by Crippen LogP contribution is 2.15. The molecule has 0 aromatic carbocycles. The number of hydrogen-bond acceptors (Lipinski definition) is 3. The molecule has 1 heterocycles. The molecule has 1 aliphatic heterocycles. The predicted octanol–water partition coefficient (Wildman–Crippen LogP) is 0.115. The van der Waals surface area contributed by atoms with Crippen LogP contribution in [0.25, 0.3) is 0 Å². The lowest BCUT2D eigenvalue weighted by Gasteiger charge is -2.27. The van der Waals surface area contributed by atoms with Crippen molar-refractivity contribution in [3.63, 3.8) is 0 Å². The Morgan fingerprint density at radius 3 is 2.81 bits per heavy atom. The number of rotatable bonds is 4. The number of carbonyl (C=O) groups is 1. The number of carbonyl (C=O) groups excluding carboxylic acids is 1. The zero-order valence-electron chi connectivity index (χ0n) is 10.3. The van der Waals surface area contributed by atoms with Crippen LogP contribution < -0.4 is 10.6 Å². The third-order valence-corrected chi connectivity index (χ3v) is 4.37. The minimum Gasteiger partial charge on any atom is -0.355 e. The highest BCUT2D eigenvalue weighted by Gasteiger charge is 2.24. The highest BCUT2D eigenvalue weighted by molar-refractivity contribution is 7.84. The molecule has 1 amide bonds. The fourth-order valence-corrected chi connectivity index (χ4v) is 2.18. The summed E-state index contributed by atoms with van der Waals surface area (Å²) in [5, 5.41) is 6.16. The molecule has 4 nitrogen and oxygen atoms in total. The van der Waals surface area contributed by atoms with Crippen LogP contribution in [0.1, 0.15) is 20.3 Å². The predicted molar refractivity (Wildman–Crippen MR) is 66.7 cm³/mol. The van der Waals surface area contributed by atoms with E-state index in [9.17, 15) is 9.00 Å². The Kier molecular flexibility index (Phi) is 5.41. The van der Waals surface area contributed by atoms with E-state index in [1.165, 1.54) is 0 Å². The van der Waals surface area contributed by atoms with E-state index in [0.29, 0.717) is 12.5 Å². The van der Waals surface area contributed by atoms with Crippen LogP contribution in [0.4, 0.5) is 0 Å². The van der Waals surface area contributed by atoms with Gasteiger partial charge in [-0.1, -0.05) is 6.92 Å². The van der Waals surface area contributed by atoms with Crippen molar-refractivity contribution in [2.75, 3.05) is 25.9 Å². The van der Waals surface area contributed by atoms with E-state index in [4.69, 9.17) is 0 Å². The van der Waals surface area contributed by atoms with Crippen molar-refractivity contribution in [2.24, 2.45) is 11.8 Å². The number of amides is 1. The second-order valence-electron chi connectivity index (χ2n) is 4.75. The zero-order valence-corrected chi connectivity index (χ0v) is 11.1. The molecule has 0 saturated carbocycles. The third-order valence-electron chi connectivity index (χ3n) is 3.07. The van der Waals surface area contributed by atoms with E-state index in [1.54, 1.807) is 6.26 Å². The minimum absolute atomic E-state index is 0.0259. The molecule has 5 heteroatoms. The van der Waals surface area contributed by atoms with Gasteiger partial charge in [-0.25, -0.2) is 0 Å². The fourth-order valence-electron chi connectivity index (χ4n) is 1.86. The Hall–Kier alpha value is -0.420. The molecule has 4 unspecified atom stereocenters. The smallest absolute Gasteiger partial charge is 0.224 e. The van der Waals surface area contributed by atoms with Gasteiger partial charge in [0, 0.05) is 35.4 Å². The van der Waals surface area contributed by atoms with Crippen LogP contribution in [0.15, 0.2) is 0 Å². The quantitative estimate of drug-likeness (QED) is 0.740.